The molecule has 1 amide bonds. The molecule has 0 aliphatic carbocycles. The van der Waals surface area contributed by atoms with Crippen molar-refractivity contribution in [1.29, 1.82) is 0 Å². The lowest BCUT2D eigenvalue weighted by Gasteiger charge is -2.31. The third-order valence-electron chi connectivity index (χ3n) is 4.67. The van der Waals surface area contributed by atoms with Crippen molar-refractivity contribution in [2.45, 2.75) is 12.8 Å². The van der Waals surface area contributed by atoms with E-state index in [-0.39, 0.29) is 17.6 Å². The minimum Gasteiger partial charge on any atom is -0.336 e. The largest absolute Gasteiger partial charge is 0.336 e. The lowest BCUT2D eigenvalue weighted by Crippen LogP contribution is -2.42. The smallest absolute Gasteiger partial charge is 0.275 e. The third kappa shape index (κ3) is 2.91. The summed E-state index contributed by atoms with van der Waals surface area (Å²) in [5, 5.41) is 7.89. The number of H-pyrrole nitrogens is 1. The Morgan fingerprint density at radius 1 is 1.12 bits per heavy atom. The first-order chi connectivity index (χ1) is 12.2. The Balaban J connectivity index is 1.55. The molecule has 3 aromatic rings. The van der Waals surface area contributed by atoms with Gasteiger partial charge in [0.15, 0.2) is 11.5 Å². The van der Waals surface area contributed by atoms with Crippen molar-refractivity contribution >= 4 is 22.6 Å². The maximum Gasteiger partial charge on any atom is 0.275 e. The molecule has 6 nitrogen and oxygen atoms in total. The molecule has 0 radical (unpaired) electrons. The minimum absolute atomic E-state index is 0.00462. The van der Waals surface area contributed by atoms with Gasteiger partial charge in [-0.3, -0.25) is 19.7 Å². The number of likely N-dealkylation sites (tertiary alicyclic amines) is 1. The molecule has 1 fully saturated rings. The van der Waals surface area contributed by atoms with Gasteiger partial charge in [-0.05, 0) is 31.0 Å². The number of rotatable bonds is 3. The maximum absolute atomic E-state index is 12.9. The number of carbonyl (C=O) groups excluding carboxylic acids is 2. The number of ketones is 1. The van der Waals surface area contributed by atoms with Gasteiger partial charge in [-0.1, -0.05) is 24.3 Å². The average molecular weight is 334 g/mol. The number of amides is 1. The molecule has 1 aromatic carbocycles. The lowest BCUT2D eigenvalue weighted by molar-refractivity contribution is 0.0632. The monoisotopic (exact) mass is 334 g/mol. The second kappa shape index (κ2) is 6.47. The summed E-state index contributed by atoms with van der Waals surface area (Å²) in [4.78, 5) is 31.4. The van der Waals surface area contributed by atoms with Gasteiger partial charge < -0.3 is 4.90 Å². The fraction of sp³-hybridized carbons (Fsp3) is 0.263. The highest BCUT2D eigenvalue weighted by Gasteiger charge is 2.31. The average Bonchev–Trinajstić information content (AvgIpc) is 3.12. The topological polar surface area (TPSA) is 79.0 Å². The number of carbonyl (C=O) groups is 2. The summed E-state index contributed by atoms with van der Waals surface area (Å²) in [6, 6.07) is 12.9. The molecule has 2 aromatic heterocycles. The summed E-state index contributed by atoms with van der Waals surface area (Å²) in [5.74, 6) is -0.334. The molecule has 1 aliphatic heterocycles. The summed E-state index contributed by atoms with van der Waals surface area (Å²) in [6.07, 6.45) is 3.20. The second-order valence-electron chi connectivity index (χ2n) is 6.29. The van der Waals surface area contributed by atoms with Gasteiger partial charge in [0.1, 0.15) is 5.69 Å². The van der Waals surface area contributed by atoms with Gasteiger partial charge in [-0.15, -0.1) is 0 Å². The molecule has 0 bridgehead atoms. The number of nitrogens with one attached hydrogen (secondary N) is 1. The van der Waals surface area contributed by atoms with Crippen molar-refractivity contribution in [1.82, 2.24) is 20.1 Å². The van der Waals surface area contributed by atoms with Crippen molar-refractivity contribution < 1.29 is 9.59 Å². The normalized spacial score (nSPS) is 17.6. The van der Waals surface area contributed by atoms with E-state index in [9.17, 15) is 9.59 Å². The van der Waals surface area contributed by atoms with Gasteiger partial charge >= 0.3 is 0 Å². The zero-order valence-corrected chi connectivity index (χ0v) is 13.7. The predicted molar refractivity (Wildman–Crippen MR) is 93.3 cm³/mol. The van der Waals surface area contributed by atoms with E-state index in [4.69, 9.17) is 0 Å². The summed E-state index contributed by atoms with van der Waals surface area (Å²) < 4.78 is 0. The Bertz CT molecular complexity index is 919. The van der Waals surface area contributed by atoms with Crippen molar-refractivity contribution in [2.24, 2.45) is 5.92 Å². The second-order valence-corrected chi connectivity index (χ2v) is 6.29. The highest BCUT2D eigenvalue weighted by Crippen LogP contribution is 2.23. The predicted octanol–water partition coefficient (Wildman–Crippen LogP) is 2.69. The summed E-state index contributed by atoms with van der Waals surface area (Å²) in [7, 11) is 0. The highest BCUT2D eigenvalue weighted by molar-refractivity contribution is 6.05. The molecule has 0 saturated carbocycles. The first-order valence-electron chi connectivity index (χ1n) is 8.41. The first-order valence-corrected chi connectivity index (χ1v) is 8.41. The van der Waals surface area contributed by atoms with Crippen molar-refractivity contribution in [3.8, 4) is 0 Å². The molecular formula is C19H18N4O2. The van der Waals surface area contributed by atoms with Crippen LogP contribution < -0.4 is 0 Å². The number of aromatic amines is 1. The zero-order chi connectivity index (χ0) is 17.2. The Morgan fingerprint density at radius 3 is 2.80 bits per heavy atom. The standard InChI is InChI=1S/C19H18N4O2/c24-18(16-9-3-4-10-20-16)13-6-5-11-23(12-13)19(25)17-14-7-1-2-8-15(14)21-22-17/h1-4,7-10,13H,5-6,11-12H2,(H,21,22)/t13-/m0/s1. The number of Topliss-reactive ketones (excluding diaryl/α,β-unsaturated/α-hetero) is 1. The summed E-state index contributed by atoms with van der Waals surface area (Å²) in [5.41, 5.74) is 1.72. The number of pyridine rings is 1. The van der Waals surface area contributed by atoms with Crippen LogP contribution in [0.2, 0.25) is 0 Å². The van der Waals surface area contributed by atoms with E-state index in [1.165, 1.54) is 0 Å². The van der Waals surface area contributed by atoms with Gasteiger partial charge in [0.05, 0.1) is 5.52 Å². The quantitative estimate of drug-likeness (QED) is 0.747. The van der Waals surface area contributed by atoms with Crippen LogP contribution in [-0.2, 0) is 0 Å². The fourth-order valence-electron chi connectivity index (χ4n) is 3.37. The van der Waals surface area contributed by atoms with Crippen LogP contribution in [0.3, 0.4) is 0 Å². The highest BCUT2D eigenvalue weighted by atomic mass is 16.2. The number of fused-ring (bicyclic) bond motifs is 1. The molecule has 4 rings (SSSR count). The number of piperidine rings is 1. The van der Waals surface area contributed by atoms with Crippen LogP contribution in [0, 0.1) is 5.92 Å². The minimum atomic E-state index is -0.210. The molecule has 6 heteroatoms. The molecule has 1 saturated heterocycles. The Morgan fingerprint density at radius 2 is 1.96 bits per heavy atom. The Labute approximate surface area is 144 Å². The van der Waals surface area contributed by atoms with E-state index in [2.05, 4.69) is 15.2 Å². The van der Waals surface area contributed by atoms with Crippen molar-refractivity contribution in [3.63, 3.8) is 0 Å². The van der Waals surface area contributed by atoms with Gasteiger partial charge in [-0.25, -0.2) is 0 Å². The van der Waals surface area contributed by atoms with E-state index < -0.39 is 0 Å². The van der Waals surface area contributed by atoms with Crippen LogP contribution in [0.4, 0.5) is 0 Å². The van der Waals surface area contributed by atoms with Crippen LogP contribution in [0.1, 0.15) is 33.8 Å². The third-order valence-corrected chi connectivity index (χ3v) is 4.67. The van der Waals surface area contributed by atoms with Crippen LogP contribution in [0.5, 0.6) is 0 Å². The molecule has 126 valence electrons. The lowest BCUT2D eigenvalue weighted by atomic mass is 9.91. The van der Waals surface area contributed by atoms with Gasteiger partial charge in [0, 0.05) is 30.6 Å². The van der Waals surface area contributed by atoms with E-state index >= 15 is 0 Å². The Kier molecular flexibility index (Phi) is 4.01. The first kappa shape index (κ1) is 15.5. The van der Waals surface area contributed by atoms with E-state index in [0.29, 0.717) is 24.5 Å². The van der Waals surface area contributed by atoms with Gasteiger partial charge in [0.25, 0.3) is 5.91 Å². The molecule has 3 heterocycles. The SMILES string of the molecule is O=C(c1ccccn1)[C@H]1CCCN(C(=O)c2n[nH]c3ccccc23)C1. The summed E-state index contributed by atoms with van der Waals surface area (Å²) >= 11 is 0. The van der Waals surface area contributed by atoms with Gasteiger partial charge in [0.2, 0.25) is 0 Å². The van der Waals surface area contributed by atoms with E-state index in [0.717, 1.165) is 23.7 Å². The van der Waals surface area contributed by atoms with Gasteiger partial charge in [-0.2, -0.15) is 5.10 Å². The Hall–Kier alpha value is -3.02. The van der Waals surface area contributed by atoms with E-state index in [1.54, 1.807) is 23.2 Å². The number of benzene rings is 1. The number of hydrogen-bond donors (Lipinski definition) is 1. The van der Waals surface area contributed by atoms with Crippen LogP contribution >= 0.6 is 0 Å². The van der Waals surface area contributed by atoms with Crippen LogP contribution in [0.25, 0.3) is 10.9 Å². The van der Waals surface area contributed by atoms with Crippen molar-refractivity contribution in [3.05, 3.63) is 60.0 Å². The number of hydrogen-bond acceptors (Lipinski definition) is 4. The van der Waals surface area contributed by atoms with Crippen LogP contribution in [0.15, 0.2) is 48.7 Å². The molecule has 1 aliphatic rings. The molecule has 25 heavy (non-hydrogen) atoms. The van der Waals surface area contributed by atoms with Crippen LogP contribution in [-0.4, -0.2) is 44.9 Å². The number of para-hydroxylation sites is 1. The zero-order valence-electron chi connectivity index (χ0n) is 13.7. The maximum atomic E-state index is 12.9. The summed E-state index contributed by atoms with van der Waals surface area (Å²) in [6.45, 7) is 1.06. The fourth-order valence-corrected chi connectivity index (χ4v) is 3.37. The molecule has 0 unspecified atom stereocenters. The number of aromatic nitrogens is 3. The molecule has 1 N–H and O–H groups in total. The van der Waals surface area contributed by atoms with E-state index in [1.807, 2.05) is 30.3 Å². The molecule has 1 atom stereocenters. The molecule has 0 spiro atoms. The van der Waals surface area contributed by atoms with Crippen molar-refractivity contribution in [2.75, 3.05) is 13.1 Å². The molecular weight excluding hydrogens is 316 g/mol. The number of nitrogens with zero attached hydrogens (tertiary/aromatic N) is 3.